The summed E-state index contributed by atoms with van der Waals surface area (Å²) in [6, 6.07) is 0. The Hall–Kier alpha value is -3.52. The van der Waals surface area contributed by atoms with Crippen LogP contribution in [0.25, 0.3) is 0 Å². The van der Waals surface area contributed by atoms with Crippen LogP contribution < -0.4 is 0 Å². The van der Waals surface area contributed by atoms with Gasteiger partial charge in [-0.05, 0) is 32.4 Å². The highest BCUT2D eigenvalue weighted by Gasteiger charge is 2.90. The molecule has 3 saturated heterocycles. The Bertz CT molecular complexity index is 1350. The van der Waals surface area contributed by atoms with Gasteiger partial charge in [0.1, 0.15) is 12.2 Å². The van der Waals surface area contributed by atoms with E-state index in [1.807, 2.05) is 0 Å². The highest BCUT2D eigenvalue weighted by molar-refractivity contribution is 5.89. The van der Waals surface area contributed by atoms with Crippen LogP contribution in [0.1, 0.15) is 68.7 Å². The van der Waals surface area contributed by atoms with E-state index in [1.165, 1.54) is 26.8 Å². The molecule has 3 aliphatic heterocycles. The lowest BCUT2D eigenvalue weighted by atomic mass is 9.53. The number of ether oxygens (including phenoxy) is 8. The topological polar surface area (TPSA) is 183 Å². The summed E-state index contributed by atoms with van der Waals surface area (Å²) in [5.74, 6) is -5.46. The average molecular weight is 623 g/mol. The Balaban J connectivity index is 1.88. The predicted molar refractivity (Wildman–Crippen MR) is 143 cm³/mol. The fraction of sp³-hybridized carbons (Fsp3) is 0.733. The molecular weight excluding hydrogens is 584 g/mol. The van der Waals surface area contributed by atoms with Gasteiger partial charge in [-0.2, -0.15) is 0 Å². The van der Waals surface area contributed by atoms with Gasteiger partial charge in [-0.3, -0.25) is 24.0 Å². The lowest BCUT2D eigenvalue weighted by molar-refractivity contribution is -0.236. The van der Waals surface area contributed by atoms with Crippen LogP contribution in [-0.2, 0) is 66.7 Å². The van der Waals surface area contributed by atoms with Crippen molar-refractivity contribution in [3.63, 3.8) is 0 Å². The molecule has 1 spiro atoms. The Morgan fingerprint density at radius 1 is 0.795 bits per heavy atom. The number of carbonyl (C=O) groups is 6. The Morgan fingerprint density at radius 3 is 1.86 bits per heavy atom. The predicted octanol–water partition coefficient (Wildman–Crippen LogP) is 1.24. The summed E-state index contributed by atoms with van der Waals surface area (Å²) in [6.45, 7) is 12.3. The molecule has 0 radical (unpaired) electrons. The van der Waals surface area contributed by atoms with E-state index in [4.69, 9.17) is 37.9 Å². The van der Waals surface area contributed by atoms with Crippen LogP contribution in [0.5, 0.6) is 0 Å². The summed E-state index contributed by atoms with van der Waals surface area (Å²) in [6.07, 6.45) is -6.77. The summed E-state index contributed by atoms with van der Waals surface area (Å²) < 4.78 is 47.7. The van der Waals surface area contributed by atoms with Crippen molar-refractivity contribution in [1.29, 1.82) is 0 Å². The molecule has 0 aromatic rings. The third-order valence-electron chi connectivity index (χ3n) is 9.80. The van der Waals surface area contributed by atoms with Crippen molar-refractivity contribution in [3.05, 3.63) is 11.6 Å². The first-order valence-electron chi connectivity index (χ1n) is 14.5. The number of hydrogen-bond donors (Lipinski definition) is 0. The maximum atomic E-state index is 13.3. The van der Waals surface area contributed by atoms with Crippen molar-refractivity contribution in [2.24, 2.45) is 11.3 Å². The second kappa shape index (κ2) is 10.3. The van der Waals surface area contributed by atoms with Gasteiger partial charge in [-0.1, -0.05) is 6.92 Å². The minimum atomic E-state index is -1.60. The van der Waals surface area contributed by atoms with Gasteiger partial charge in [0.25, 0.3) is 0 Å². The molecule has 14 heteroatoms. The van der Waals surface area contributed by atoms with E-state index in [0.717, 1.165) is 20.8 Å². The molecule has 1 saturated carbocycles. The first-order chi connectivity index (χ1) is 20.3. The standard InChI is InChI=1S/C30H38O14/c1-12-10-20-30(29(9,44-30)26(36)42-20)25(41-17(6)35)23-27(7,18(37-13(2)31)11-19-28(23,8)43-19)24(40-16(5)34)22(39-15(4)33)21(12)38-14(3)32/h10,18-25H,11H2,1-9H3/b12-10-/t18-,19-,20-,21-,22+,23+,24-,25-,27-,28-,29-,30-/m0/s1. The molecule has 0 aromatic carbocycles. The Kier molecular flexibility index (Phi) is 7.44. The van der Waals surface area contributed by atoms with E-state index < -0.39 is 107 Å². The maximum absolute atomic E-state index is 13.3. The largest absolute Gasteiger partial charge is 0.462 e. The highest BCUT2D eigenvalue weighted by Crippen LogP contribution is 2.69. The molecule has 0 unspecified atom stereocenters. The summed E-state index contributed by atoms with van der Waals surface area (Å²) in [4.78, 5) is 76.6. The smallest absolute Gasteiger partial charge is 0.342 e. The molecule has 12 atom stereocenters. The maximum Gasteiger partial charge on any atom is 0.342 e. The molecule has 0 amide bonds. The fourth-order valence-electron chi connectivity index (χ4n) is 7.98. The number of fused-ring (bicyclic) bond motifs is 3. The quantitative estimate of drug-likeness (QED) is 0.185. The molecule has 5 aliphatic rings. The molecule has 0 N–H and O–H groups in total. The summed E-state index contributed by atoms with van der Waals surface area (Å²) in [7, 11) is 0. The van der Waals surface area contributed by atoms with Crippen molar-refractivity contribution in [3.8, 4) is 0 Å². The summed E-state index contributed by atoms with van der Waals surface area (Å²) in [5, 5.41) is 0. The van der Waals surface area contributed by atoms with Crippen molar-refractivity contribution in [2.75, 3.05) is 0 Å². The van der Waals surface area contributed by atoms with Gasteiger partial charge in [-0.15, -0.1) is 0 Å². The van der Waals surface area contributed by atoms with Crippen molar-refractivity contribution in [1.82, 2.24) is 0 Å². The van der Waals surface area contributed by atoms with Gasteiger partial charge in [0.15, 0.2) is 35.6 Å². The van der Waals surface area contributed by atoms with Crippen molar-refractivity contribution < 1.29 is 66.7 Å². The molecule has 242 valence electrons. The van der Waals surface area contributed by atoms with E-state index in [0.29, 0.717) is 0 Å². The van der Waals surface area contributed by atoms with E-state index in [2.05, 4.69) is 0 Å². The van der Waals surface area contributed by atoms with Crippen LogP contribution in [0.3, 0.4) is 0 Å². The van der Waals surface area contributed by atoms with Gasteiger partial charge in [-0.25, -0.2) is 4.79 Å². The first-order valence-corrected chi connectivity index (χ1v) is 14.5. The third kappa shape index (κ3) is 4.59. The van der Waals surface area contributed by atoms with Gasteiger partial charge >= 0.3 is 35.8 Å². The molecule has 2 aliphatic carbocycles. The van der Waals surface area contributed by atoms with Crippen LogP contribution in [0, 0.1) is 11.3 Å². The second-order valence-corrected chi connectivity index (χ2v) is 12.8. The molecule has 0 bridgehead atoms. The lowest BCUT2D eigenvalue weighted by Gasteiger charge is -2.55. The van der Waals surface area contributed by atoms with Crippen LogP contribution >= 0.6 is 0 Å². The number of hydrogen-bond acceptors (Lipinski definition) is 14. The Labute approximate surface area is 253 Å². The van der Waals surface area contributed by atoms with E-state index in [-0.39, 0.29) is 12.0 Å². The van der Waals surface area contributed by atoms with Crippen LogP contribution in [0.2, 0.25) is 0 Å². The number of rotatable bonds is 5. The molecule has 44 heavy (non-hydrogen) atoms. The van der Waals surface area contributed by atoms with Gasteiger partial charge in [0.05, 0.1) is 17.1 Å². The van der Waals surface area contributed by atoms with Crippen molar-refractivity contribution >= 4 is 35.8 Å². The molecule has 5 rings (SSSR count). The van der Waals surface area contributed by atoms with Crippen LogP contribution in [0.15, 0.2) is 11.6 Å². The second-order valence-electron chi connectivity index (χ2n) is 12.8. The summed E-state index contributed by atoms with van der Waals surface area (Å²) >= 11 is 0. The van der Waals surface area contributed by atoms with E-state index >= 15 is 0 Å². The normalized spacial score (nSPS) is 46.1. The van der Waals surface area contributed by atoms with Crippen molar-refractivity contribution in [2.45, 2.75) is 128 Å². The third-order valence-corrected chi connectivity index (χ3v) is 9.80. The van der Waals surface area contributed by atoms with Gasteiger partial charge < -0.3 is 37.9 Å². The van der Waals surface area contributed by atoms with Crippen LogP contribution in [-0.4, -0.2) is 95.3 Å². The van der Waals surface area contributed by atoms with E-state index in [9.17, 15) is 28.8 Å². The number of carbonyl (C=O) groups excluding carboxylic acids is 6. The van der Waals surface area contributed by atoms with Gasteiger partial charge in [0.2, 0.25) is 0 Å². The highest BCUT2D eigenvalue weighted by atomic mass is 16.7. The van der Waals surface area contributed by atoms with E-state index in [1.54, 1.807) is 20.8 Å². The zero-order valence-corrected chi connectivity index (χ0v) is 26.1. The minimum Gasteiger partial charge on any atom is -0.462 e. The minimum absolute atomic E-state index is 0.136. The van der Waals surface area contributed by atoms with Gasteiger partial charge in [0, 0.05) is 47.0 Å². The lowest BCUT2D eigenvalue weighted by Crippen LogP contribution is -2.69. The monoisotopic (exact) mass is 622 g/mol. The molecule has 0 aromatic heterocycles. The fourth-order valence-corrected chi connectivity index (χ4v) is 7.98. The zero-order valence-electron chi connectivity index (χ0n) is 26.1. The summed E-state index contributed by atoms with van der Waals surface area (Å²) in [5.41, 5.74) is -5.59. The Morgan fingerprint density at radius 2 is 1.34 bits per heavy atom. The molecule has 3 heterocycles. The average Bonchev–Trinajstić information content (AvgIpc) is 3.72. The zero-order chi connectivity index (χ0) is 32.7. The number of epoxide rings is 2. The molecule has 14 nitrogen and oxygen atoms in total. The molecule has 4 fully saturated rings. The SMILES string of the molecule is CC(=O)O[C@@H]1[C@@H](OC(C)=O)/C(C)=C\[C@@H]2OC(=O)[C@]3(C)O[C@]23[C@@H](OC(C)=O)[C@H]2[C@@]3(C)O[C@H]3C[C@H](OC(C)=O)[C@]2(C)[C@H]1OC(C)=O. The van der Waals surface area contributed by atoms with Crippen LogP contribution in [0.4, 0.5) is 0 Å². The first kappa shape index (κ1) is 31.9. The number of esters is 6. The molecular formula is C30H38O14.